The van der Waals surface area contributed by atoms with Crippen LogP contribution in [-0.4, -0.2) is 40.0 Å². The molecule has 8 heteroatoms. The zero-order valence-electron chi connectivity index (χ0n) is 15.7. The molecule has 0 aromatic heterocycles. The molecule has 0 radical (unpaired) electrons. The van der Waals surface area contributed by atoms with E-state index in [4.69, 9.17) is 19.5 Å². The second kappa shape index (κ2) is 11.0. The molecular weight excluding hydrogens is 394 g/mol. The van der Waals surface area contributed by atoms with Crippen LogP contribution in [0.1, 0.15) is 22.3 Å². The number of benzene rings is 2. The highest BCUT2D eigenvalue weighted by Gasteiger charge is 2.09. The highest BCUT2D eigenvalue weighted by molar-refractivity contribution is 7.94. The maximum absolute atomic E-state index is 12.1. The normalized spacial score (nSPS) is 10.7. The number of hydrogen-bond acceptors (Lipinski definition) is 7. The SMILES string of the molecule is C=CS(=O)(=O)CCOCCCOc1ccc(C(=O)Oc2ccc(C#N)cc2)cc1. The first-order valence-electron chi connectivity index (χ1n) is 8.81. The third-order valence-electron chi connectivity index (χ3n) is 3.75. The van der Waals surface area contributed by atoms with Crippen LogP contribution >= 0.6 is 0 Å². The molecule has 0 fully saturated rings. The zero-order valence-corrected chi connectivity index (χ0v) is 16.6. The van der Waals surface area contributed by atoms with Crippen LogP contribution in [0.3, 0.4) is 0 Å². The number of rotatable bonds is 11. The predicted octanol–water partition coefficient (Wildman–Crippen LogP) is 3.12. The van der Waals surface area contributed by atoms with Crippen molar-refractivity contribution in [1.29, 1.82) is 5.26 Å². The van der Waals surface area contributed by atoms with Crippen LogP contribution in [0.5, 0.6) is 11.5 Å². The lowest BCUT2D eigenvalue weighted by Gasteiger charge is -2.08. The number of sulfone groups is 1. The first-order chi connectivity index (χ1) is 13.9. The van der Waals surface area contributed by atoms with E-state index in [2.05, 4.69) is 6.58 Å². The molecule has 0 saturated heterocycles. The molecule has 0 heterocycles. The Balaban J connectivity index is 1.70. The number of ether oxygens (including phenoxy) is 3. The third kappa shape index (κ3) is 7.78. The maximum Gasteiger partial charge on any atom is 0.343 e. The minimum Gasteiger partial charge on any atom is -0.494 e. The summed E-state index contributed by atoms with van der Waals surface area (Å²) < 4.78 is 38.5. The van der Waals surface area contributed by atoms with Crippen molar-refractivity contribution in [3.63, 3.8) is 0 Å². The van der Waals surface area contributed by atoms with Gasteiger partial charge in [-0.25, -0.2) is 13.2 Å². The van der Waals surface area contributed by atoms with E-state index in [1.165, 1.54) is 0 Å². The predicted molar refractivity (Wildman–Crippen MR) is 107 cm³/mol. The summed E-state index contributed by atoms with van der Waals surface area (Å²) in [6, 6.07) is 14.8. The van der Waals surface area contributed by atoms with Crippen molar-refractivity contribution in [2.75, 3.05) is 25.6 Å². The van der Waals surface area contributed by atoms with Crippen molar-refractivity contribution < 1.29 is 27.4 Å². The monoisotopic (exact) mass is 415 g/mol. The summed E-state index contributed by atoms with van der Waals surface area (Å²) in [6.45, 7) is 4.12. The summed E-state index contributed by atoms with van der Waals surface area (Å²) in [5.74, 6) is 0.353. The van der Waals surface area contributed by atoms with Crippen LogP contribution in [-0.2, 0) is 14.6 Å². The molecule has 29 heavy (non-hydrogen) atoms. The Morgan fingerprint density at radius 1 is 1.00 bits per heavy atom. The van der Waals surface area contributed by atoms with E-state index in [0.717, 1.165) is 5.41 Å². The summed E-state index contributed by atoms with van der Waals surface area (Å²) in [7, 11) is -3.23. The number of esters is 1. The van der Waals surface area contributed by atoms with Crippen molar-refractivity contribution in [3.05, 3.63) is 71.6 Å². The molecule has 0 N–H and O–H groups in total. The van der Waals surface area contributed by atoms with Gasteiger partial charge in [-0.15, -0.1) is 0 Å². The second-order valence-electron chi connectivity index (χ2n) is 5.90. The highest BCUT2D eigenvalue weighted by Crippen LogP contribution is 2.16. The van der Waals surface area contributed by atoms with Gasteiger partial charge in [0.15, 0.2) is 9.84 Å². The van der Waals surface area contributed by atoms with Gasteiger partial charge in [-0.05, 0) is 48.5 Å². The van der Waals surface area contributed by atoms with Crippen molar-refractivity contribution in [1.82, 2.24) is 0 Å². The smallest absolute Gasteiger partial charge is 0.343 e. The maximum atomic E-state index is 12.1. The van der Waals surface area contributed by atoms with Crippen LogP contribution in [0.4, 0.5) is 0 Å². The van der Waals surface area contributed by atoms with Gasteiger partial charge < -0.3 is 14.2 Å². The van der Waals surface area contributed by atoms with Crippen LogP contribution < -0.4 is 9.47 Å². The molecule has 0 bridgehead atoms. The Labute approximate surface area is 170 Å². The van der Waals surface area contributed by atoms with Crippen LogP contribution in [0.25, 0.3) is 0 Å². The van der Waals surface area contributed by atoms with Gasteiger partial charge in [-0.1, -0.05) is 6.58 Å². The average molecular weight is 415 g/mol. The van der Waals surface area contributed by atoms with E-state index in [1.807, 2.05) is 6.07 Å². The standard InChI is InChI=1S/C21H21NO6S/c1-2-29(24,25)15-14-26-12-3-13-27-19-10-6-18(7-11-19)21(23)28-20-8-4-17(16-22)5-9-20/h2,4-11H,1,3,12-15H2. The number of carbonyl (C=O) groups is 1. The van der Waals surface area contributed by atoms with E-state index in [-0.39, 0.29) is 12.4 Å². The minimum atomic E-state index is -3.23. The Bertz CT molecular complexity index is 960. The van der Waals surface area contributed by atoms with Crippen LogP contribution in [0, 0.1) is 11.3 Å². The number of nitrogens with zero attached hydrogens (tertiary/aromatic N) is 1. The molecule has 0 spiro atoms. The fourth-order valence-electron chi connectivity index (χ4n) is 2.16. The Morgan fingerprint density at radius 3 is 2.28 bits per heavy atom. The van der Waals surface area contributed by atoms with Gasteiger partial charge in [0.1, 0.15) is 11.5 Å². The molecule has 0 amide bonds. The van der Waals surface area contributed by atoms with Gasteiger partial charge >= 0.3 is 5.97 Å². The molecule has 0 unspecified atom stereocenters. The molecule has 0 aliphatic rings. The van der Waals surface area contributed by atoms with Gasteiger partial charge in [0.2, 0.25) is 0 Å². The van der Waals surface area contributed by atoms with Gasteiger partial charge in [0, 0.05) is 18.4 Å². The first-order valence-corrected chi connectivity index (χ1v) is 10.5. The number of nitriles is 1. The molecule has 0 aliphatic carbocycles. The van der Waals surface area contributed by atoms with Gasteiger partial charge in [0.05, 0.1) is 36.2 Å². The highest BCUT2D eigenvalue weighted by atomic mass is 32.2. The molecule has 152 valence electrons. The number of hydrogen-bond donors (Lipinski definition) is 0. The van der Waals surface area contributed by atoms with Crippen molar-refractivity contribution in [2.24, 2.45) is 0 Å². The molecule has 2 aromatic carbocycles. The van der Waals surface area contributed by atoms with Gasteiger partial charge in [0.25, 0.3) is 0 Å². The molecule has 0 atom stereocenters. The molecule has 0 saturated carbocycles. The molecular formula is C21H21NO6S. The van der Waals surface area contributed by atoms with Crippen molar-refractivity contribution in [2.45, 2.75) is 6.42 Å². The van der Waals surface area contributed by atoms with E-state index >= 15 is 0 Å². The van der Waals surface area contributed by atoms with Gasteiger partial charge in [-0.2, -0.15) is 5.26 Å². The lowest BCUT2D eigenvalue weighted by Crippen LogP contribution is -2.11. The fraction of sp³-hybridized carbons (Fsp3) is 0.238. The van der Waals surface area contributed by atoms with E-state index in [0.29, 0.717) is 42.3 Å². The van der Waals surface area contributed by atoms with Crippen molar-refractivity contribution >= 4 is 15.8 Å². The van der Waals surface area contributed by atoms with Crippen LogP contribution in [0.15, 0.2) is 60.5 Å². The van der Waals surface area contributed by atoms with Crippen LogP contribution in [0.2, 0.25) is 0 Å². The summed E-state index contributed by atoms with van der Waals surface area (Å²) in [5, 5.41) is 9.69. The molecule has 7 nitrogen and oxygen atoms in total. The van der Waals surface area contributed by atoms with Gasteiger partial charge in [-0.3, -0.25) is 0 Å². The fourth-order valence-corrected chi connectivity index (χ4v) is 2.68. The summed E-state index contributed by atoms with van der Waals surface area (Å²) in [6.07, 6.45) is 0.594. The molecule has 2 aromatic rings. The Hall–Kier alpha value is -3.15. The first kappa shape index (κ1) is 22.1. The zero-order chi connectivity index (χ0) is 21.1. The molecule has 0 aliphatic heterocycles. The quantitative estimate of drug-likeness (QED) is 0.316. The van der Waals surface area contributed by atoms with Crippen molar-refractivity contribution in [3.8, 4) is 17.6 Å². The lowest BCUT2D eigenvalue weighted by molar-refractivity contribution is 0.0734. The second-order valence-corrected chi connectivity index (χ2v) is 7.97. The number of carbonyl (C=O) groups excluding carboxylic acids is 1. The third-order valence-corrected chi connectivity index (χ3v) is 5.00. The lowest BCUT2D eigenvalue weighted by atomic mass is 10.2. The van der Waals surface area contributed by atoms with E-state index in [9.17, 15) is 13.2 Å². The summed E-state index contributed by atoms with van der Waals surface area (Å²) in [4.78, 5) is 12.1. The average Bonchev–Trinajstić information content (AvgIpc) is 2.74. The molecule has 2 rings (SSSR count). The Morgan fingerprint density at radius 2 is 1.66 bits per heavy atom. The Kier molecular flexibility index (Phi) is 8.40. The largest absolute Gasteiger partial charge is 0.494 e. The summed E-state index contributed by atoms with van der Waals surface area (Å²) in [5.41, 5.74) is 0.854. The topological polar surface area (TPSA) is 103 Å². The summed E-state index contributed by atoms with van der Waals surface area (Å²) >= 11 is 0. The minimum absolute atomic E-state index is 0.0859. The van der Waals surface area contributed by atoms with E-state index < -0.39 is 15.8 Å². The van der Waals surface area contributed by atoms with E-state index in [1.54, 1.807) is 48.5 Å².